The van der Waals surface area contributed by atoms with E-state index in [1.54, 1.807) is 13.0 Å². The summed E-state index contributed by atoms with van der Waals surface area (Å²) in [6, 6.07) is 3.08. The van der Waals surface area contributed by atoms with Crippen molar-refractivity contribution in [2.24, 2.45) is 0 Å². The highest BCUT2D eigenvalue weighted by Gasteiger charge is 2.19. The van der Waals surface area contributed by atoms with E-state index >= 15 is 0 Å². The maximum atomic E-state index is 11.9. The molecule has 20 heavy (non-hydrogen) atoms. The third-order valence-corrected chi connectivity index (χ3v) is 3.88. The SMILES string of the molecule is CC(O)CCNS(=O)(=O)c1ccc(CNC(C)(C)C)o1. The maximum absolute atomic E-state index is 11.9. The van der Waals surface area contributed by atoms with E-state index < -0.39 is 16.1 Å². The molecule has 0 radical (unpaired) electrons. The number of hydrogen-bond donors (Lipinski definition) is 3. The number of rotatable bonds is 7. The van der Waals surface area contributed by atoms with Gasteiger partial charge < -0.3 is 14.8 Å². The van der Waals surface area contributed by atoms with Gasteiger partial charge in [-0.2, -0.15) is 0 Å². The molecule has 0 aliphatic heterocycles. The van der Waals surface area contributed by atoms with Gasteiger partial charge in [0.2, 0.25) is 5.09 Å². The standard InChI is InChI=1S/C13H24N2O4S/c1-10(16)7-8-15-20(17,18)12-6-5-11(19-12)9-14-13(2,3)4/h5-6,10,14-16H,7-9H2,1-4H3. The number of aliphatic hydroxyl groups is 1. The molecule has 1 rings (SSSR count). The second-order valence-corrected chi connectivity index (χ2v) is 7.56. The summed E-state index contributed by atoms with van der Waals surface area (Å²) < 4.78 is 31.6. The topological polar surface area (TPSA) is 91.6 Å². The van der Waals surface area contributed by atoms with E-state index in [4.69, 9.17) is 9.52 Å². The Hall–Kier alpha value is -0.890. The molecule has 1 atom stereocenters. The van der Waals surface area contributed by atoms with Crippen LogP contribution in [-0.4, -0.2) is 31.7 Å². The smallest absolute Gasteiger partial charge is 0.273 e. The van der Waals surface area contributed by atoms with Gasteiger partial charge in [0.05, 0.1) is 12.6 Å². The molecule has 0 amide bonds. The molecule has 1 unspecified atom stereocenters. The Balaban J connectivity index is 2.61. The van der Waals surface area contributed by atoms with Crippen LogP contribution in [0.2, 0.25) is 0 Å². The van der Waals surface area contributed by atoms with Crippen LogP contribution in [0, 0.1) is 0 Å². The van der Waals surface area contributed by atoms with Crippen molar-refractivity contribution >= 4 is 10.0 Å². The summed E-state index contributed by atoms with van der Waals surface area (Å²) in [6.45, 7) is 8.31. The van der Waals surface area contributed by atoms with E-state index in [1.807, 2.05) is 20.8 Å². The third-order valence-electron chi connectivity index (χ3n) is 2.55. The molecule has 1 aromatic heterocycles. The molecule has 0 fully saturated rings. The van der Waals surface area contributed by atoms with Crippen molar-refractivity contribution in [3.63, 3.8) is 0 Å². The van der Waals surface area contributed by atoms with Crippen LogP contribution >= 0.6 is 0 Å². The quantitative estimate of drug-likeness (QED) is 0.704. The summed E-state index contributed by atoms with van der Waals surface area (Å²) in [6.07, 6.45) is -0.181. The Bertz CT molecular complexity index is 515. The zero-order valence-corrected chi connectivity index (χ0v) is 13.3. The van der Waals surface area contributed by atoms with E-state index in [0.717, 1.165) is 0 Å². The number of furan rings is 1. The minimum absolute atomic E-state index is 0.0681. The zero-order valence-electron chi connectivity index (χ0n) is 12.4. The number of hydrogen-bond acceptors (Lipinski definition) is 5. The second kappa shape index (κ2) is 6.71. The van der Waals surface area contributed by atoms with Crippen LogP contribution in [0.15, 0.2) is 21.6 Å². The van der Waals surface area contributed by atoms with Crippen LogP contribution < -0.4 is 10.0 Å². The Morgan fingerprint density at radius 2 is 2.00 bits per heavy atom. The van der Waals surface area contributed by atoms with Gasteiger partial charge in [0.15, 0.2) is 0 Å². The summed E-state index contributed by atoms with van der Waals surface area (Å²) in [5.74, 6) is 0.566. The van der Waals surface area contributed by atoms with Crippen molar-refractivity contribution in [3.8, 4) is 0 Å². The average molecular weight is 304 g/mol. The molecule has 0 aliphatic carbocycles. The van der Waals surface area contributed by atoms with Gasteiger partial charge in [0.1, 0.15) is 5.76 Å². The molecule has 7 heteroatoms. The van der Waals surface area contributed by atoms with Crippen LogP contribution in [0.3, 0.4) is 0 Å². The average Bonchev–Trinajstić information content (AvgIpc) is 2.73. The van der Waals surface area contributed by atoms with Crippen molar-refractivity contribution in [3.05, 3.63) is 17.9 Å². The van der Waals surface area contributed by atoms with Gasteiger partial charge in [-0.1, -0.05) is 0 Å². The van der Waals surface area contributed by atoms with Crippen LogP contribution in [-0.2, 0) is 16.6 Å². The molecular weight excluding hydrogens is 280 g/mol. The lowest BCUT2D eigenvalue weighted by molar-refractivity contribution is 0.186. The predicted molar refractivity (Wildman–Crippen MR) is 76.8 cm³/mol. The maximum Gasteiger partial charge on any atom is 0.273 e. The molecule has 1 aromatic rings. The number of aliphatic hydroxyl groups excluding tert-OH is 1. The Kier molecular flexibility index (Phi) is 5.76. The van der Waals surface area contributed by atoms with Gasteiger partial charge in [0.25, 0.3) is 10.0 Å². The Labute approximate surface area is 120 Å². The Morgan fingerprint density at radius 3 is 2.55 bits per heavy atom. The molecule has 6 nitrogen and oxygen atoms in total. The molecule has 3 N–H and O–H groups in total. The lowest BCUT2D eigenvalue weighted by Gasteiger charge is -2.19. The van der Waals surface area contributed by atoms with E-state index in [2.05, 4.69) is 10.0 Å². The molecule has 0 bridgehead atoms. The highest BCUT2D eigenvalue weighted by atomic mass is 32.2. The molecule has 116 valence electrons. The first kappa shape index (κ1) is 17.2. The molecule has 0 spiro atoms. The summed E-state index contributed by atoms with van der Waals surface area (Å²) in [5.41, 5.74) is -0.0681. The monoisotopic (exact) mass is 304 g/mol. The van der Waals surface area contributed by atoms with Crippen molar-refractivity contribution in [1.82, 2.24) is 10.0 Å². The minimum atomic E-state index is -3.64. The fourth-order valence-corrected chi connectivity index (χ4v) is 2.42. The fourth-order valence-electron chi connectivity index (χ4n) is 1.42. The van der Waals surface area contributed by atoms with E-state index in [9.17, 15) is 8.42 Å². The Morgan fingerprint density at radius 1 is 1.35 bits per heavy atom. The van der Waals surface area contributed by atoms with Crippen LogP contribution in [0.25, 0.3) is 0 Å². The molecule has 0 saturated heterocycles. The number of nitrogens with one attached hydrogen (secondary N) is 2. The van der Waals surface area contributed by atoms with Gasteiger partial charge in [0, 0.05) is 12.1 Å². The molecule has 0 aromatic carbocycles. The van der Waals surface area contributed by atoms with Gasteiger partial charge in [-0.05, 0) is 46.2 Å². The molecular formula is C13H24N2O4S. The van der Waals surface area contributed by atoms with Gasteiger partial charge >= 0.3 is 0 Å². The van der Waals surface area contributed by atoms with Gasteiger partial charge in [-0.3, -0.25) is 0 Å². The largest absolute Gasteiger partial charge is 0.447 e. The van der Waals surface area contributed by atoms with E-state index in [1.165, 1.54) is 6.07 Å². The summed E-state index contributed by atoms with van der Waals surface area (Å²) in [4.78, 5) is 0. The third kappa shape index (κ3) is 6.04. The highest BCUT2D eigenvalue weighted by molar-refractivity contribution is 7.89. The van der Waals surface area contributed by atoms with Crippen LogP contribution in [0.5, 0.6) is 0 Å². The zero-order chi connectivity index (χ0) is 15.4. The number of sulfonamides is 1. The second-order valence-electron chi connectivity index (χ2n) is 5.86. The highest BCUT2D eigenvalue weighted by Crippen LogP contribution is 2.14. The van der Waals surface area contributed by atoms with Gasteiger partial charge in [-0.25, -0.2) is 13.1 Å². The van der Waals surface area contributed by atoms with E-state index in [0.29, 0.717) is 18.7 Å². The molecule has 0 saturated carbocycles. The van der Waals surface area contributed by atoms with E-state index in [-0.39, 0.29) is 17.2 Å². The summed E-state index contributed by atoms with van der Waals surface area (Å²) in [5, 5.41) is 12.2. The first-order valence-corrected chi connectivity index (χ1v) is 8.10. The van der Waals surface area contributed by atoms with Crippen molar-refractivity contribution < 1.29 is 17.9 Å². The molecule has 1 heterocycles. The molecule has 0 aliphatic rings. The predicted octanol–water partition coefficient (Wildman–Crippen LogP) is 1.22. The fraction of sp³-hybridized carbons (Fsp3) is 0.692. The summed E-state index contributed by atoms with van der Waals surface area (Å²) >= 11 is 0. The minimum Gasteiger partial charge on any atom is -0.447 e. The van der Waals surface area contributed by atoms with Crippen molar-refractivity contribution in [1.29, 1.82) is 0 Å². The van der Waals surface area contributed by atoms with Crippen molar-refractivity contribution in [2.45, 2.75) is 57.4 Å². The summed E-state index contributed by atoms with van der Waals surface area (Å²) in [7, 11) is -3.64. The first-order valence-electron chi connectivity index (χ1n) is 6.61. The first-order chi connectivity index (χ1) is 9.10. The van der Waals surface area contributed by atoms with Gasteiger partial charge in [-0.15, -0.1) is 0 Å². The lowest BCUT2D eigenvalue weighted by atomic mass is 10.1. The van der Waals surface area contributed by atoms with Crippen LogP contribution in [0.4, 0.5) is 0 Å². The lowest BCUT2D eigenvalue weighted by Crippen LogP contribution is -2.34. The van der Waals surface area contributed by atoms with Crippen molar-refractivity contribution in [2.75, 3.05) is 6.54 Å². The normalized spacial score (nSPS) is 14.4. The van der Waals surface area contributed by atoms with Crippen LogP contribution in [0.1, 0.15) is 39.9 Å².